The van der Waals surface area contributed by atoms with Gasteiger partial charge >= 0.3 is 11.9 Å². The van der Waals surface area contributed by atoms with Gasteiger partial charge in [-0.2, -0.15) is 5.06 Å². The van der Waals surface area contributed by atoms with Gasteiger partial charge in [0, 0.05) is 13.1 Å². The number of imidazole rings is 1. The summed E-state index contributed by atoms with van der Waals surface area (Å²) >= 11 is 0. The summed E-state index contributed by atoms with van der Waals surface area (Å²) in [4.78, 5) is 43.5. The average Bonchev–Trinajstić information content (AvgIpc) is 3.13. The second-order valence-electron chi connectivity index (χ2n) is 7.51. The number of carbonyl (C=O) groups is 2. The molecule has 32 heavy (non-hydrogen) atoms. The fourth-order valence-electron chi connectivity index (χ4n) is 3.59. The van der Waals surface area contributed by atoms with E-state index in [1.807, 2.05) is 30.3 Å². The molecule has 0 saturated carbocycles. The zero-order chi connectivity index (χ0) is 23.3. The van der Waals surface area contributed by atoms with Crippen LogP contribution in [-0.4, -0.2) is 49.8 Å². The van der Waals surface area contributed by atoms with Gasteiger partial charge in [0.05, 0.1) is 13.6 Å². The van der Waals surface area contributed by atoms with Crippen molar-refractivity contribution in [2.45, 2.75) is 38.5 Å². The van der Waals surface area contributed by atoms with Crippen LogP contribution in [0.3, 0.4) is 0 Å². The molecule has 0 N–H and O–H groups in total. The highest BCUT2D eigenvalue weighted by Gasteiger charge is 2.45. The maximum Gasteiger partial charge on any atom is 0.434 e. The van der Waals surface area contributed by atoms with Crippen molar-refractivity contribution in [1.82, 2.24) is 14.6 Å². The SMILES string of the molecule is CC(=O)ON1CCCC(P(=O)(CCc2ccccc2)OCc2cnc([N+](=O)[O-])n2C)C1=O. The lowest BCUT2D eigenvalue weighted by molar-refractivity contribution is -0.396. The number of aromatic nitrogens is 2. The summed E-state index contributed by atoms with van der Waals surface area (Å²) in [6.07, 6.45) is 2.63. The molecule has 1 saturated heterocycles. The van der Waals surface area contributed by atoms with Crippen LogP contribution in [0.1, 0.15) is 31.0 Å². The highest BCUT2D eigenvalue weighted by atomic mass is 31.2. The first kappa shape index (κ1) is 23.6. The van der Waals surface area contributed by atoms with E-state index in [0.29, 0.717) is 25.0 Å². The van der Waals surface area contributed by atoms with Crippen LogP contribution in [0.4, 0.5) is 5.95 Å². The lowest BCUT2D eigenvalue weighted by atomic mass is 10.1. The summed E-state index contributed by atoms with van der Waals surface area (Å²) in [5.74, 6) is -1.56. The molecule has 12 heteroatoms. The summed E-state index contributed by atoms with van der Waals surface area (Å²) < 4.78 is 21.1. The molecule has 1 aromatic heterocycles. The number of benzene rings is 1. The molecule has 0 aliphatic carbocycles. The third kappa shape index (κ3) is 5.41. The van der Waals surface area contributed by atoms with Gasteiger partial charge in [0.1, 0.15) is 24.2 Å². The molecule has 1 aliphatic rings. The molecule has 2 heterocycles. The van der Waals surface area contributed by atoms with Crippen molar-refractivity contribution in [2.75, 3.05) is 12.7 Å². The van der Waals surface area contributed by atoms with Crippen LogP contribution < -0.4 is 0 Å². The topological polar surface area (TPSA) is 134 Å². The Kier molecular flexibility index (Phi) is 7.42. The Hall–Kier alpha value is -3.04. The first-order chi connectivity index (χ1) is 15.2. The van der Waals surface area contributed by atoms with E-state index in [2.05, 4.69) is 4.98 Å². The van der Waals surface area contributed by atoms with Crippen LogP contribution in [0, 0.1) is 10.1 Å². The van der Waals surface area contributed by atoms with Gasteiger partial charge in [0.2, 0.25) is 7.37 Å². The molecule has 1 amide bonds. The van der Waals surface area contributed by atoms with Gasteiger partial charge in [0.15, 0.2) is 0 Å². The molecule has 0 bridgehead atoms. The number of nitro groups is 1. The van der Waals surface area contributed by atoms with Crippen LogP contribution in [0.25, 0.3) is 0 Å². The van der Waals surface area contributed by atoms with Gasteiger partial charge in [-0.3, -0.25) is 14.2 Å². The van der Waals surface area contributed by atoms with Crippen molar-refractivity contribution in [2.24, 2.45) is 7.05 Å². The van der Waals surface area contributed by atoms with Gasteiger partial charge < -0.3 is 19.5 Å². The molecule has 1 aliphatic heterocycles. The van der Waals surface area contributed by atoms with Crippen LogP contribution in [0.15, 0.2) is 36.5 Å². The van der Waals surface area contributed by atoms with E-state index in [9.17, 15) is 24.3 Å². The second-order valence-corrected chi connectivity index (χ2v) is 10.3. The van der Waals surface area contributed by atoms with Gasteiger partial charge in [-0.15, -0.1) is 0 Å². The Labute approximate surface area is 184 Å². The number of rotatable bonds is 9. The van der Waals surface area contributed by atoms with Crippen molar-refractivity contribution in [3.05, 3.63) is 57.9 Å². The number of amides is 1. The Morgan fingerprint density at radius 1 is 1.34 bits per heavy atom. The summed E-state index contributed by atoms with van der Waals surface area (Å²) in [6, 6.07) is 9.38. The van der Waals surface area contributed by atoms with Crippen molar-refractivity contribution in [1.29, 1.82) is 0 Å². The molecular weight excluding hydrogens is 439 g/mol. The van der Waals surface area contributed by atoms with Gasteiger partial charge in [0.25, 0.3) is 5.91 Å². The Bertz CT molecular complexity index is 1040. The second kappa shape index (κ2) is 10.1. The van der Waals surface area contributed by atoms with E-state index < -0.39 is 29.8 Å². The standard InChI is InChI=1S/C20H25N4O7P/c1-15(25)31-23-11-6-9-18(19(23)26)32(29,12-10-16-7-4-3-5-8-16)30-14-17-13-21-20(22(17)2)24(27)28/h3-5,7-8,13,18H,6,9-12,14H2,1-2H3. The van der Waals surface area contributed by atoms with Crippen LogP contribution in [0.2, 0.25) is 0 Å². The minimum Gasteiger partial charge on any atom is -0.390 e. The van der Waals surface area contributed by atoms with E-state index in [-0.39, 0.29) is 25.3 Å². The minimum atomic E-state index is -3.59. The number of nitrogens with zero attached hydrogens (tertiary/aromatic N) is 4. The first-order valence-electron chi connectivity index (χ1n) is 10.1. The molecule has 2 aromatic rings. The van der Waals surface area contributed by atoms with E-state index in [1.165, 1.54) is 24.7 Å². The van der Waals surface area contributed by atoms with Gasteiger partial charge in [-0.25, -0.2) is 4.57 Å². The molecule has 1 aromatic carbocycles. The van der Waals surface area contributed by atoms with E-state index in [1.54, 1.807) is 0 Å². The Balaban J connectivity index is 1.83. The molecule has 0 spiro atoms. The van der Waals surface area contributed by atoms with Gasteiger partial charge in [-0.05, 0) is 29.7 Å². The third-order valence-electron chi connectivity index (χ3n) is 5.29. The molecular formula is C20H25N4O7P. The van der Waals surface area contributed by atoms with Crippen LogP contribution in [0.5, 0.6) is 0 Å². The number of carbonyl (C=O) groups excluding carboxylic acids is 2. The molecule has 2 atom stereocenters. The zero-order valence-corrected chi connectivity index (χ0v) is 18.8. The number of hydroxylamine groups is 2. The fourth-order valence-corrected chi connectivity index (χ4v) is 6.17. The molecule has 0 radical (unpaired) electrons. The van der Waals surface area contributed by atoms with E-state index in [0.717, 1.165) is 10.6 Å². The number of hydrogen-bond donors (Lipinski definition) is 0. The number of piperidine rings is 1. The predicted octanol–water partition coefficient (Wildman–Crippen LogP) is 2.83. The molecule has 2 unspecified atom stereocenters. The zero-order valence-electron chi connectivity index (χ0n) is 17.9. The highest BCUT2D eigenvalue weighted by molar-refractivity contribution is 7.60. The summed E-state index contributed by atoms with van der Waals surface area (Å²) in [6.45, 7) is 1.21. The molecule has 3 rings (SSSR count). The maximum atomic E-state index is 14.0. The van der Waals surface area contributed by atoms with Crippen LogP contribution >= 0.6 is 7.37 Å². The summed E-state index contributed by atoms with van der Waals surface area (Å²) in [5.41, 5.74) is 0.326. The predicted molar refractivity (Wildman–Crippen MR) is 114 cm³/mol. The molecule has 1 fully saturated rings. The largest absolute Gasteiger partial charge is 0.434 e. The average molecular weight is 464 g/mol. The Morgan fingerprint density at radius 3 is 2.69 bits per heavy atom. The van der Waals surface area contributed by atoms with Crippen molar-refractivity contribution >= 4 is 25.2 Å². The normalized spacial score (nSPS) is 18.2. The monoisotopic (exact) mass is 464 g/mol. The third-order valence-corrected chi connectivity index (χ3v) is 8.13. The van der Waals surface area contributed by atoms with E-state index in [4.69, 9.17) is 9.36 Å². The quantitative estimate of drug-likeness (QED) is 0.314. The van der Waals surface area contributed by atoms with Crippen molar-refractivity contribution in [3.8, 4) is 0 Å². The number of aryl methyl sites for hydroxylation is 1. The minimum absolute atomic E-state index is 0.0985. The lowest BCUT2D eigenvalue weighted by Crippen LogP contribution is -2.45. The summed E-state index contributed by atoms with van der Waals surface area (Å²) in [7, 11) is -2.13. The molecule has 11 nitrogen and oxygen atoms in total. The lowest BCUT2D eigenvalue weighted by Gasteiger charge is -2.34. The first-order valence-corrected chi connectivity index (χ1v) is 12.0. The maximum absolute atomic E-state index is 14.0. The smallest absolute Gasteiger partial charge is 0.390 e. The van der Waals surface area contributed by atoms with Crippen molar-refractivity contribution in [3.63, 3.8) is 0 Å². The summed E-state index contributed by atoms with van der Waals surface area (Å²) in [5, 5.41) is 12.0. The van der Waals surface area contributed by atoms with Crippen molar-refractivity contribution < 1.29 is 28.4 Å². The highest BCUT2D eigenvalue weighted by Crippen LogP contribution is 2.56. The fraction of sp³-hybridized carbons (Fsp3) is 0.450. The van der Waals surface area contributed by atoms with Crippen LogP contribution in [-0.2, 0) is 43.6 Å². The number of hydrogen-bond acceptors (Lipinski definition) is 8. The van der Waals surface area contributed by atoms with Gasteiger partial charge in [-0.1, -0.05) is 35.3 Å². The molecule has 172 valence electrons. The Morgan fingerprint density at radius 2 is 2.06 bits per heavy atom. The van der Waals surface area contributed by atoms with E-state index >= 15 is 0 Å².